The molecule has 1 heterocycles. The predicted molar refractivity (Wildman–Crippen MR) is 69.8 cm³/mol. The Labute approximate surface area is 107 Å². The minimum absolute atomic E-state index is 0.182. The van der Waals surface area contributed by atoms with E-state index in [1.54, 1.807) is 19.5 Å². The Morgan fingerprint density at radius 1 is 1.33 bits per heavy atom. The third-order valence-electron chi connectivity index (χ3n) is 2.54. The second-order valence-corrected chi connectivity index (χ2v) is 3.69. The number of nitrogens with zero attached hydrogens (tertiary/aromatic N) is 3. The van der Waals surface area contributed by atoms with E-state index >= 15 is 0 Å². The standard InChI is InChI=1S/C12H20N4O2/c1-4-16(5-2)12-14-8-10(9-15-12)11(17)13-6-7-18-3/h8-9H,4-7H2,1-3H3,(H,13,17). The molecule has 1 aromatic heterocycles. The van der Waals surface area contributed by atoms with Gasteiger partial charge in [-0.1, -0.05) is 0 Å². The van der Waals surface area contributed by atoms with Gasteiger partial charge in [0.2, 0.25) is 5.95 Å². The summed E-state index contributed by atoms with van der Waals surface area (Å²) in [5, 5.41) is 2.72. The van der Waals surface area contributed by atoms with E-state index in [2.05, 4.69) is 15.3 Å². The Hall–Kier alpha value is -1.69. The molecule has 1 amide bonds. The van der Waals surface area contributed by atoms with Gasteiger partial charge in [0.05, 0.1) is 12.2 Å². The van der Waals surface area contributed by atoms with Crippen molar-refractivity contribution in [3.8, 4) is 0 Å². The summed E-state index contributed by atoms with van der Waals surface area (Å²) in [7, 11) is 1.59. The van der Waals surface area contributed by atoms with E-state index in [-0.39, 0.29) is 5.91 Å². The van der Waals surface area contributed by atoms with Crippen LogP contribution in [0.3, 0.4) is 0 Å². The zero-order valence-electron chi connectivity index (χ0n) is 11.1. The third kappa shape index (κ3) is 3.96. The van der Waals surface area contributed by atoms with E-state index in [0.29, 0.717) is 24.7 Å². The maximum absolute atomic E-state index is 11.7. The van der Waals surface area contributed by atoms with Gasteiger partial charge in [0.1, 0.15) is 0 Å². The van der Waals surface area contributed by atoms with E-state index in [4.69, 9.17) is 4.74 Å². The van der Waals surface area contributed by atoms with Crippen molar-refractivity contribution in [3.63, 3.8) is 0 Å². The number of rotatable bonds is 7. The SMILES string of the molecule is CCN(CC)c1ncc(C(=O)NCCOC)cn1. The number of hydrogen-bond acceptors (Lipinski definition) is 5. The van der Waals surface area contributed by atoms with Crippen LogP contribution in [0, 0.1) is 0 Å². The molecule has 6 heteroatoms. The molecule has 0 atom stereocenters. The largest absolute Gasteiger partial charge is 0.383 e. The first kappa shape index (κ1) is 14.4. The van der Waals surface area contributed by atoms with Crippen molar-refractivity contribution in [1.29, 1.82) is 0 Å². The maximum Gasteiger partial charge on any atom is 0.254 e. The number of carbonyl (C=O) groups excluding carboxylic acids is 1. The molecule has 0 spiro atoms. The summed E-state index contributed by atoms with van der Waals surface area (Å²) in [6.45, 7) is 6.74. The molecule has 0 unspecified atom stereocenters. The van der Waals surface area contributed by atoms with Crippen molar-refractivity contribution in [3.05, 3.63) is 18.0 Å². The molecule has 0 saturated heterocycles. The van der Waals surface area contributed by atoms with Crippen LogP contribution in [-0.2, 0) is 4.74 Å². The summed E-state index contributed by atoms with van der Waals surface area (Å²) < 4.78 is 4.86. The number of nitrogens with one attached hydrogen (secondary N) is 1. The van der Waals surface area contributed by atoms with Crippen LogP contribution in [0.15, 0.2) is 12.4 Å². The summed E-state index contributed by atoms with van der Waals surface area (Å²) in [6.07, 6.45) is 3.09. The fourth-order valence-corrected chi connectivity index (χ4v) is 1.48. The minimum atomic E-state index is -0.182. The van der Waals surface area contributed by atoms with Crippen LogP contribution in [0.2, 0.25) is 0 Å². The summed E-state index contributed by atoms with van der Waals surface area (Å²) in [6, 6.07) is 0. The molecule has 1 aromatic rings. The summed E-state index contributed by atoms with van der Waals surface area (Å²) in [5.74, 6) is 0.464. The number of amides is 1. The Morgan fingerprint density at radius 3 is 2.44 bits per heavy atom. The second-order valence-electron chi connectivity index (χ2n) is 3.69. The highest BCUT2D eigenvalue weighted by molar-refractivity contribution is 5.93. The molecule has 1 rings (SSSR count). The van der Waals surface area contributed by atoms with Crippen molar-refractivity contribution in [2.24, 2.45) is 0 Å². The van der Waals surface area contributed by atoms with Crippen molar-refractivity contribution in [2.45, 2.75) is 13.8 Å². The molecule has 0 aliphatic carbocycles. The van der Waals surface area contributed by atoms with E-state index in [9.17, 15) is 4.79 Å². The Morgan fingerprint density at radius 2 is 1.94 bits per heavy atom. The zero-order valence-corrected chi connectivity index (χ0v) is 11.1. The van der Waals surface area contributed by atoms with Gasteiger partial charge in [0, 0.05) is 39.1 Å². The van der Waals surface area contributed by atoms with Crippen molar-refractivity contribution >= 4 is 11.9 Å². The normalized spacial score (nSPS) is 10.2. The number of anilines is 1. The molecule has 18 heavy (non-hydrogen) atoms. The minimum Gasteiger partial charge on any atom is -0.383 e. The number of hydrogen-bond donors (Lipinski definition) is 1. The van der Waals surface area contributed by atoms with Gasteiger partial charge in [-0.25, -0.2) is 9.97 Å². The molecule has 100 valence electrons. The van der Waals surface area contributed by atoms with Gasteiger partial charge in [-0.15, -0.1) is 0 Å². The zero-order chi connectivity index (χ0) is 13.4. The van der Waals surface area contributed by atoms with Crippen LogP contribution in [0.25, 0.3) is 0 Å². The van der Waals surface area contributed by atoms with Crippen molar-refractivity contribution in [2.75, 3.05) is 38.3 Å². The van der Waals surface area contributed by atoms with Gasteiger partial charge in [-0.2, -0.15) is 0 Å². The highest BCUT2D eigenvalue weighted by atomic mass is 16.5. The Bertz CT molecular complexity index is 363. The van der Waals surface area contributed by atoms with E-state index < -0.39 is 0 Å². The lowest BCUT2D eigenvalue weighted by Crippen LogP contribution is -2.28. The van der Waals surface area contributed by atoms with Crippen LogP contribution in [0.5, 0.6) is 0 Å². The Balaban J connectivity index is 2.61. The number of ether oxygens (including phenoxy) is 1. The average molecular weight is 252 g/mol. The molecule has 0 bridgehead atoms. The van der Waals surface area contributed by atoms with Crippen molar-refractivity contribution < 1.29 is 9.53 Å². The van der Waals surface area contributed by atoms with Gasteiger partial charge < -0.3 is 15.0 Å². The first-order valence-corrected chi connectivity index (χ1v) is 6.07. The van der Waals surface area contributed by atoms with Gasteiger partial charge in [-0.3, -0.25) is 4.79 Å². The lowest BCUT2D eigenvalue weighted by Gasteiger charge is -2.17. The lowest BCUT2D eigenvalue weighted by atomic mass is 10.3. The molecule has 0 aliphatic heterocycles. The van der Waals surface area contributed by atoms with Crippen LogP contribution >= 0.6 is 0 Å². The summed E-state index contributed by atoms with van der Waals surface area (Å²) in [4.78, 5) is 22.1. The van der Waals surface area contributed by atoms with Crippen LogP contribution in [-0.4, -0.2) is 49.2 Å². The highest BCUT2D eigenvalue weighted by Gasteiger charge is 2.08. The average Bonchev–Trinajstić information content (AvgIpc) is 2.41. The van der Waals surface area contributed by atoms with Crippen LogP contribution < -0.4 is 10.2 Å². The molecule has 0 aromatic carbocycles. The van der Waals surface area contributed by atoms with Crippen LogP contribution in [0.1, 0.15) is 24.2 Å². The molecular formula is C12H20N4O2. The highest BCUT2D eigenvalue weighted by Crippen LogP contribution is 2.06. The molecular weight excluding hydrogens is 232 g/mol. The fraction of sp³-hybridized carbons (Fsp3) is 0.583. The topological polar surface area (TPSA) is 67.4 Å². The van der Waals surface area contributed by atoms with Gasteiger partial charge in [-0.05, 0) is 13.8 Å². The van der Waals surface area contributed by atoms with E-state index in [0.717, 1.165) is 13.1 Å². The first-order valence-electron chi connectivity index (χ1n) is 6.07. The number of methoxy groups -OCH3 is 1. The molecule has 1 N–H and O–H groups in total. The fourth-order valence-electron chi connectivity index (χ4n) is 1.48. The molecule has 0 radical (unpaired) electrons. The predicted octanol–water partition coefficient (Wildman–Crippen LogP) is 0.699. The Kier molecular flexibility index (Phi) is 6.07. The van der Waals surface area contributed by atoms with Crippen LogP contribution in [0.4, 0.5) is 5.95 Å². The van der Waals surface area contributed by atoms with Gasteiger partial charge in [0.15, 0.2) is 0 Å². The second kappa shape index (κ2) is 7.60. The molecule has 0 saturated carbocycles. The quantitative estimate of drug-likeness (QED) is 0.723. The van der Waals surface area contributed by atoms with E-state index in [1.807, 2.05) is 18.7 Å². The maximum atomic E-state index is 11.7. The van der Waals surface area contributed by atoms with Crippen molar-refractivity contribution in [1.82, 2.24) is 15.3 Å². The molecule has 0 fully saturated rings. The van der Waals surface area contributed by atoms with Gasteiger partial charge >= 0.3 is 0 Å². The monoisotopic (exact) mass is 252 g/mol. The lowest BCUT2D eigenvalue weighted by molar-refractivity contribution is 0.0936. The summed E-state index contributed by atoms with van der Waals surface area (Å²) in [5.41, 5.74) is 0.460. The summed E-state index contributed by atoms with van der Waals surface area (Å²) >= 11 is 0. The number of aromatic nitrogens is 2. The third-order valence-corrected chi connectivity index (χ3v) is 2.54. The first-order chi connectivity index (χ1) is 8.72. The van der Waals surface area contributed by atoms with E-state index in [1.165, 1.54) is 0 Å². The molecule has 6 nitrogen and oxygen atoms in total. The number of carbonyl (C=O) groups is 1. The molecule has 0 aliphatic rings. The smallest absolute Gasteiger partial charge is 0.254 e. The van der Waals surface area contributed by atoms with Gasteiger partial charge in [0.25, 0.3) is 5.91 Å².